The first kappa shape index (κ1) is 31.6. The molecule has 1 saturated heterocycles. The van der Waals surface area contributed by atoms with E-state index in [4.69, 9.17) is 4.74 Å². The van der Waals surface area contributed by atoms with Crippen molar-refractivity contribution in [3.8, 4) is 0 Å². The smallest absolute Gasteiger partial charge is 0.326 e. The van der Waals surface area contributed by atoms with E-state index in [9.17, 15) is 29.1 Å². The topological polar surface area (TPSA) is 142 Å². The second-order valence-electron chi connectivity index (χ2n) is 12.4. The standard InChI is InChI=1S/C28H47N3O7/c1-16(2)22(29-20(32)13-8-9-14-21(33)38-28(5,6)7)25(34)30-23(17(3)4)26(35)31-15-18-11-10-12-19(18)24(31)27(36)37/h16-19,22-24H,8-15H2,1-7H3,(H,29,32)(H,30,34)(H,36,37)/t18-,19-,22-,23-,24-/m0/s1. The molecule has 2 rings (SSSR count). The minimum absolute atomic E-state index is 0.0435. The Morgan fingerprint density at radius 3 is 2.08 bits per heavy atom. The van der Waals surface area contributed by atoms with E-state index in [1.165, 1.54) is 4.90 Å². The number of unbranched alkanes of at least 4 members (excludes halogenated alkanes) is 1. The third-order valence-corrected chi connectivity index (χ3v) is 7.38. The van der Waals surface area contributed by atoms with E-state index in [1.54, 1.807) is 34.6 Å². The molecule has 1 aliphatic carbocycles. The number of aliphatic carboxylic acids is 1. The number of esters is 1. The zero-order valence-electron chi connectivity index (χ0n) is 24.0. The quantitative estimate of drug-likeness (QED) is 0.257. The average Bonchev–Trinajstić information content (AvgIpc) is 3.37. The summed E-state index contributed by atoms with van der Waals surface area (Å²) in [5, 5.41) is 15.4. The summed E-state index contributed by atoms with van der Waals surface area (Å²) in [7, 11) is 0. The number of likely N-dealkylation sites (tertiary alicyclic amines) is 1. The van der Waals surface area contributed by atoms with Gasteiger partial charge < -0.3 is 25.4 Å². The second-order valence-corrected chi connectivity index (χ2v) is 12.4. The fourth-order valence-corrected chi connectivity index (χ4v) is 5.51. The number of carboxylic acid groups (broad SMARTS) is 1. The third kappa shape index (κ3) is 8.70. The molecule has 216 valence electrons. The van der Waals surface area contributed by atoms with Crippen molar-refractivity contribution in [3.63, 3.8) is 0 Å². The van der Waals surface area contributed by atoms with Crippen LogP contribution in [0.5, 0.6) is 0 Å². The molecule has 1 aliphatic heterocycles. The van der Waals surface area contributed by atoms with Crippen molar-refractivity contribution in [1.29, 1.82) is 0 Å². The second kappa shape index (κ2) is 13.4. The first-order valence-corrected chi connectivity index (χ1v) is 14.0. The van der Waals surface area contributed by atoms with Gasteiger partial charge in [0.1, 0.15) is 23.7 Å². The van der Waals surface area contributed by atoms with Crippen molar-refractivity contribution in [2.75, 3.05) is 6.54 Å². The molecule has 2 fully saturated rings. The van der Waals surface area contributed by atoms with Crippen molar-refractivity contribution in [1.82, 2.24) is 15.5 Å². The van der Waals surface area contributed by atoms with Crippen molar-refractivity contribution in [2.24, 2.45) is 23.7 Å². The van der Waals surface area contributed by atoms with Crippen molar-refractivity contribution in [3.05, 3.63) is 0 Å². The molecule has 0 bridgehead atoms. The molecule has 38 heavy (non-hydrogen) atoms. The highest BCUT2D eigenvalue weighted by molar-refractivity contribution is 5.94. The SMILES string of the molecule is CC(C)[C@H](NC(=O)CCCCC(=O)OC(C)(C)C)C(=O)N[C@H](C(=O)N1C[C@@H]2CCC[C@@H]2[C@H]1C(=O)O)C(C)C. The number of nitrogens with one attached hydrogen (secondary N) is 2. The van der Waals surface area contributed by atoms with Gasteiger partial charge in [-0.05, 0) is 70.1 Å². The highest BCUT2D eigenvalue weighted by Crippen LogP contribution is 2.42. The van der Waals surface area contributed by atoms with Crippen LogP contribution < -0.4 is 10.6 Å². The Morgan fingerprint density at radius 1 is 0.921 bits per heavy atom. The van der Waals surface area contributed by atoms with Gasteiger partial charge in [0.25, 0.3) is 0 Å². The zero-order valence-corrected chi connectivity index (χ0v) is 24.0. The molecular formula is C28H47N3O7. The Labute approximate surface area is 226 Å². The predicted molar refractivity (Wildman–Crippen MR) is 142 cm³/mol. The van der Waals surface area contributed by atoms with Gasteiger partial charge >= 0.3 is 11.9 Å². The lowest BCUT2D eigenvalue weighted by Gasteiger charge is -2.32. The number of carbonyl (C=O) groups excluding carboxylic acids is 4. The van der Waals surface area contributed by atoms with E-state index in [1.807, 2.05) is 13.8 Å². The monoisotopic (exact) mass is 537 g/mol. The Hall–Kier alpha value is -2.65. The maximum absolute atomic E-state index is 13.5. The van der Waals surface area contributed by atoms with Crippen LogP contribution in [0, 0.1) is 23.7 Å². The maximum Gasteiger partial charge on any atom is 0.326 e. The Bertz CT molecular complexity index is 880. The minimum atomic E-state index is -0.999. The molecule has 3 amide bonds. The summed E-state index contributed by atoms with van der Waals surface area (Å²) in [5.74, 6) is -2.84. The molecule has 0 unspecified atom stereocenters. The van der Waals surface area contributed by atoms with E-state index < -0.39 is 35.6 Å². The summed E-state index contributed by atoms with van der Waals surface area (Å²) in [4.78, 5) is 64.7. The lowest BCUT2D eigenvalue weighted by atomic mass is 9.94. The highest BCUT2D eigenvalue weighted by atomic mass is 16.6. The van der Waals surface area contributed by atoms with E-state index in [2.05, 4.69) is 10.6 Å². The van der Waals surface area contributed by atoms with Crippen LogP contribution >= 0.6 is 0 Å². The van der Waals surface area contributed by atoms with Crippen LogP contribution in [-0.2, 0) is 28.7 Å². The molecule has 1 saturated carbocycles. The van der Waals surface area contributed by atoms with Gasteiger partial charge in [-0.25, -0.2) is 4.79 Å². The first-order chi connectivity index (χ1) is 17.6. The molecule has 0 aromatic rings. The number of amides is 3. The number of nitrogens with zero attached hydrogens (tertiary/aromatic N) is 1. The lowest BCUT2D eigenvalue weighted by Crippen LogP contribution is -2.58. The highest BCUT2D eigenvalue weighted by Gasteiger charge is 2.51. The fourth-order valence-electron chi connectivity index (χ4n) is 5.51. The number of hydrogen-bond donors (Lipinski definition) is 3. The van der Waals surface area contributed by atoms with Crippen LogP contribution in [0.2, 0.25) is 0 Å². The predicted octanol–water partition coefficient (Wildman–Crippen LogP) is 2.88. The molecule has 0 radical (unpaired) electrons. The molecule has 0 spiro atoms. The Kier molecular flexibility index (Phi) is 11.2. The molecular weight excluding hydrogens is 490 g/mol. The van der Waals surface area contributed by atoms with Crippen LogP contribution in [0.1, 0.15) is 93.4 Å². The van der Waals surface area contributed by atoms with Gasteiger partial charge in [0.15, 0.2) is 0 Å². The molecule has 3 N–H and O–H groups in total. The van der Waals surface area contributed by atoms with Gasteiger partial charge in [0.2, 0.25) is 17.7 Å². The molecule has 10 nitrogen and oxygen atoms in total. The molecule has 0 aromatic carbocycles. The van der Waals surface area contributed by atoms with Crippen molar-refractivity contribution >= 4 is 29.7 Å². The number of carboxylic acids is 1. The summed E-state index contributed by atoms with van der Waals surface area (Å²) in [6.45, 7) is 13.0. The lowest BCUT2D eigenvalue weighted by molar-refractivity contribution is -0.155. The number of hydrogen-bond acceptors (Lipinski definition) is 6. The van der Waals surface area contributed by atoms with E-state index in [-0.39, 0.29) is 54.3 Å². The molecule has 10 heteroatoms. The van der Waals surface area contributed by atoms with Gasteiger partial charge in [-0.15, -0.1) is 0 Å². The number of rotatable bonds is 12. The van der Waals surface area contributed by atoms with Gasteiger partial charge in [-0.3, -0.25) is 19.2 Å². The fraction of sp³-hybridized carbons (Fsp3) is 0.821. The van der Waals surface area contributed by atoms with E-state index in [0.717, 1.165) is 19.3 Å². The average molecular weight is 538 g/mol. The van der Waals surface area contributed by atoms with Crippen LogP contribution in [0.4, 0.5) is 0 Å². The van der Waals surface area contributed by atoms with E-state index >= 15 is 0 Å². The van der Waals surface area contributed by atoms with Crippen molar-refractivity contribution < 1.29 is 33.8 Å². The molecule has 2 aliphatic rings. The summed E-state index contributed by atoms with van der Waals surface area (Å²) in [6.07, 6.45) is 4.02. The van der Waals surface area contributed by atoms with Crippen LogP contribution in [0.25, 0.3) is 0 Å². The van der Waals surface area contributed by atoms with Gasteiger partial charge in [-0.2, -0.15) is 0 Å². The Morgan fingerprint density at radius 2 is 1.53 bits per heavy atom. The van der Waals surface area contributed by atoms with Gasteiger partial charge in [-0.1, -0.05) is 34.1 Å². The number of carbonyl (C=O) groups is 5. The van der Waals surface area contributed by atoms with E-state index in [0.29, 0.717) is 19.4 Å². The first-order valence-electron chi connectivity index (χ1n) is 14.0. The van der Waals surface area contributed by atoms with Gasteiger partial charge in [0.05, 0.1) is 0 Å². The molecule has 5 atom stereocenters. The maximum atomic E-state index is 13.5. The zero-order chi connectivity index (χ0) is 28.8. The number of fused-ring (bicyclic) bond motifs is 1. The van der Waals surface area contributed by atoms with Gasteiger partial charge in [0, 0.05) is 19.4 Å². The number of ether oxygens (including phenoxy) is 1. The normalized spacial score (nSPS) is 22.7. The summed E-state index contributed by atoms with van der Waals surface area (Å²) >= 11 is 0. The van der Waals surface area contributed by atoms with Crippen LogP contribution in [0.3, 0.4) is 0 Å². The largest absolute Gasteiger partial charge is 0.480 e. The van der Waals surface area contributed by atoms with Crippen LogP contribution in [-0.4, -0.2) is 69.9 Å². The summed E-state index contributed by atoms with van der Waals surface area (Å²) < 4.78 is 5.27. The minimum Gasteiger partial charge on any atom is -0.480 e. The molecule has 0 aromatic heterocycles. The Balaban J connectivity index is 1.96. The summed E-state index contributed by atoms with van der Waals surface area (Å²) in [6, 6.07) is -2.61. The third-order valence-electron chi connectivity index (χ3n) is 7.38. The summed E-state index contributed by atoms with van der Waals surface area (Å²) in [5.41, 5.74) is -0.552. The van der Waals surface area contributed by atoms with Crippen LogP contribution in [0.15, 0.2) is 0 Å². The van der Waals surface area contributed by atoms with Crippen molar-refractivity contribution in [2.45, 2.75) is 117 Å². The molecule has 1 heterocycles.